The Kier molecular flexibility index (Phi) is 4.48. The average molecular weight is 293 g/mol. The van der Waals surface area contributed by atoms with Gasteiger partial charge in [0.05, 0.1) is 5.92 Å². The minimum absolute atomic E-state index is 0.0948. The molecule has 0 aromatic carbocycles. The first-order valence-corrected chi connectivity index (χ1v) is 8.49. The number of Topliss-reactive ketones (excluding diaryl/α,β-unsaturated/α-hetero) is 1. The Hall–Kier alpha value is -1.10. The molecule has 0 radical (unpaired) electrons. The minimum Gasteiger partial charge on any atom is -0.323 e. The van der Waals surface area contributed by atoms with Crippen LogP contribution >= 0.6 is 0 Å². The quantitative estimate of drug-likeness (QED) is 0.793. The van der Waals surface area contributed by atoms with Crippen LogP contribution in [0.15, 0.2) is 0 Å². The Labute approximate surface area is 127 Å². The molecular weight excluding hydrogens is 266 g/mol. The van der Waals surface area contributed by atoms with Gasteiger partial charge in [-0.05, 0) is 19.3 Å². The van der Waals surface area contributed by atoms with Crippen LogP contribution in [0.25, 0.3) is 0 Å². The summed E-state index contributed by atoms with van der Waals surface area (Å²) in [5, 5.41) is 0. The molecule has 21 heavy (non-hydrogen) atoms. The van der Waals surface area contributed by atoms with Crippen LogP contribution < -0.4 is 0 Å². The van der Waals surface area contributed by atoms with Gasteiger partial charge < -0.3 is 9.80 Å². The zero-order chi connectivity index (χ0) is 14.8. The van der Waals surface area contributed by atoms with Crippen molar-refractivity contribution < 1.29 is 9.59 Å². The lowest BCUT2D eigenvalue weighted by molar-refractivity contribution is -0.126. The third-order valence-corrected chi connectivity index (χ3v) is 5.35. The number of likely N-dealkylation sites (tertiary alicyclic amines) is 1. The molecule has 3 fully saturated rings. The zero-order valence-electron chi connectivity index (χ0n) is 13.1. The molecule has 0 aromatic heterocycles. The van der Waals surface area contributed by atoms with Gasteiger partial charge in [-0.1, -0.05) is 13.3 Å². The Morgan fingerprint density at radius 2 is 1.71 bits per heavy atom. The highest BCUT2D eigenvalue weighted by Crippen LogP contribution is 2.26. The van der Waals surface area contributed by atoms with Crippen molar-refractivity contribution in [3.05, 3.63) is 0 Å². The molecule has 0 aromatic rings. The fourth-order valence-electron chi connectivity index (χ4n) is 3.57. The van der Waals surface area contributed by atoms with Gasteiger partial charge in [0.25, 0.3) is 0 Å². The SMILES string of the molecule is CCC(=O)C1CN(C(=O)N2CCCN(C3CCC3)CC2)C1. The number of hydrogen-bond donors (Lipinski definition) is 0. The van der Waals surface area contributed by atoms with Gasteiger partial charge in [-0.2, -0.15) is 0 Å². The van der Waals surface area contributed by atoms with Crippen molar-refractivity contribution in [2.24, 2.45) is 5.92 Å². The summed E-state index contributed by atoms with van der Waals surface area (Å²) in [4.78, 5) is 30.5. The van der Waals surface area contributed by atoms with E-state index in [4.69, 9.17) is 0 Å². The fourth-order valence-corrected chi connectivity index (χ4v) is 3.57. The van der Waals surface area contributed by atoms with E-state index >= 15 is 0 Å². The maximum absolute atomic E-state index is 12.5. The number of rotatable bonds is 3. The normalized spacial score (nSPS) is 25.2. The average Bonchev–Trinajstić information content (AvgIpc) is 2.60. The summed E-state index contributed by atoms with van der Waals surface area (Å²) in [6, 6.07) is 0.918. The molecule has 5 heteroatoms. The molecule has 2 heterocycles. The molecule has 0 spiro atoms. The van der Waals surface area contributed by atoms with Crippen molar-refractivity contribution in [3.63, 3.8) is 0 Å². The summed E-state index contributed by atoms with van der Waals surface area (Å²) < 4.78 is 0. The fraction of sp³-hybridized carbons (Fsp3) is 0.875. The van der Waals surface area contributed by atoms with E-state index < -0.39 is 0 Å². The van der Waals surface area contributed by atoms with Crippen LogP contribution in [0.1, 0.15) is 39.0 Å². The predicted octanol–water partition coefficient (Wildman–Crippen LogP) is 1.58. The van der Waals surface area contributed by atoms with Gasteiger partial charge in [0.2, 0.25) is 0 Å². The van der Waals surface area contributed by atoms with Gasteiger partial charge in [-0.25, -0.2) is 4.79 Å². The first-order valence-electron chi connectivity index (χ1n) is 8.49. The summed E-state index contributed by atoms with van der Waals surface area (Å²) in [6.07, 6.45) is 5.70. The molecule has 118 valence electrons. The highest BCUT2D eigenvalue weighted by molar-refractivity contribution is 5.85. The van der Waals surface area contributed by atoms with Gasteiger partial charge in [0.15, 0.2) is 0 Å². The van der Waals surface area contributed by atoms with E-state index in [1.54, 1.807) is 0 Å². The molecule has 5 nitrogen and oxygen atoms in total. The Morgan fingerprint density at radius 3 is 2.33 bits per heavy atom. The molecule has 1 aliphatic carbocycles. The first kappa shape index (κ1) is 14.8. The number of urea groups is 1. The van der Waals surface area contributed by atoms with E-state index in [-0.39, 0.29) is 11.9 Å². The van der Waals surface area contributed by atoms with Gasteiger partial charge in [-0.15, -0.1) is 0 Å². The molecule has 2 saturated heterocycles. The Morgan fingerprint density at radius 1 is 0.952 bits per heavy atom. The number of carbonyl (C=O) groups is 2. The molecule has 1 saturated carbocycles. The molecule has 0 atom stereocenters. The Bertz CT molecular complexity index is 402. The molecule has 2 aliphatic heterocycles. The van der Waals surface area contributed by atoms with Crippen molar-refractivity contribution in [1.82, 2.24) is 14.7 Å². The number of nitrogens with zero attached hydrogens (tertiary/aromatic N) is 3. The van der Waals surface area contributed by atoms with E-state index in [1.165, 1.54) is 19.3 Å². The second kappa shape index (κ2) is 6.34. The van der Waals surface area contributed by atoms with Gasteiger partial charge in [0, 0.05) is 51.7 Å². The standard InChI is InChI=1S/C16H27N3O2/c1-2-15(20)13-11-19(12-13)16(21)18-8-4-7-17(9-10-18)14-5-3-6-14/h13-14H,2-12H2,1H3. The summed E-state index contributed by atoms with van der Waals surface area (Å²) in [5.41, 5.74) is 0. The first-order chi connectivity index (χ1) is 10.2. The van der Waals surface area contributed by atoms with Gasteiger partial charge in [-0.3, -0.25) is 9.69 Å². The highest BCUT2D eigenvalue weighted by atomic mass is 16.2. The molecule has 0 N–H and O–H groups in total. The van der Waals surface area contributed by atoms with E-state index in [0.29, 0.717) is 25.3 Å². The monoisotopic (exact) mass is 293 g/mol. The second-order valence-electron chi connectivity index (χ2n) is 6.67. The van der Waals surface area contributed by atoms with E-state index in [2.05, 4.69) is 4.90 Å². The van der Waals surface area contributed by atoms with Crippen LogP contribution in [0.5, 0.6) is 0 Å². The Balaban J connectivity index is 1.46. The third-order valence-electron chi connectivity index (χ3n) is 5.35. The maximum Gasteiger partial charge on any atom is 0.320 e. The van der Waals surface area contributed by atoms with Crippen molar-refractivity contribution >= 4 is 11.8 Å². The van der Waals surface area contributed by atoms with Crippen LogP contribution in [0.4, 0.5) is 4.79 Å². The molecule has 2 amide bonds. The molecule has 0 bridgehead atoms. The zero-order valence-corrected chi connectivity index (χ0v) is 13.1. The van der Waals surface area contributed by atoms with Crippen molar-refractivity contribution in [1.29, 1.82) is 0 Å². The van der Waals surface area contributed by atoms with Crippen LogP contribution in [-0.4, -0.2) is 71.8 Å². The van der Waals surface area contributed by atoms with Crippen molar-refractivity contribution in [3.8, 4) is 0 Å². The molecule has 3 rings (SSSR count). The lowest BCUT2D eigenvalue weighted by Gasteiger charge is -2.41. The molecule has 0 unspecified atom stereocenters. The summed E-state index contributed by atoms with van der Waals surface area (Å²) in [6.45, 7) is 7.02. The number of ketones is 1. The topological polar surface area (TPSA) is 43.9 Å². The highest BCUT2D eigenvalue weighted by Gasteiger charge is 2.37. The predicted molar refractivity (Wildman–Crippen MR) is 81.2 cm³/mol. The minimum atomic E-state index is 0.0948. The summed E-state index contributed by atoms with van der Waals surface area (Å²) in [5.74, 6) is 0.392. The van der Waals surface area contributed by atoms with Gasteiger partial charge in [0.1, 0.15) is 5.78 Å². The lowest BCUT2D eigenvalue weighted by atomic mass is 9.91. The maximum atomic E-state index is 12.5. The largest absolute Gasteiger partial charge is 0.323 e. The number of amides is 2. The third kappa shape index (κ3) is 3.07. The van der Waals surface area contributed by atoms with Crippen molar-refractivity contribution in [2.45, 2.75) is 45.1 Å². The van der Waals surface area contributed by atoms with E-state index in [9.17, 15) is 9.59 Å². The smallest absolute Gasteiger partial charge is 0.320 e. The van der Waals surface area contributed by atoms with Crippen LogP contribution in [0.2, 0.25) is 0 Å². The number of hydrogen-bond acceptors (Lipinski definition) is 3. The van der Waals surface area contributed by atoms with Crippen LogP contribution in [-0.2, 0) is 4.79 Å². The van der Waals surface area contributed by atoms with Crippen LogP contribution in [0.3, 0.4) is 0 Å². The summed E-state index contributed by atoms with van der Waals surface area (Å²) in [7, 11) is 0. The second-order valence-corrected chi connectivity index (χ2v) is 6.67. The van der Waals surface area contributed by atoms with E-state index in [0.717, 1.165) is 38.6 Å². The van der Waals surface area contributed by atoms with Gasteiger partial charge >= 0.3 is 6.03 Å². The van der Waals surface area contributed by atoms with Crippen molar-refractivity contribution in [2.75, 3.05) is 39.3 Å². The lowest BCUT2D eigenvalue weighted by Crippen LogP contribution is -2.57. The summed E-state index contributed by atoms with van der Waals surface area (Å²) >= 11 is 0. The molecular formula is C16H27N3O2. The number of carbonyl (C=O) groups excluding carboxylic acids is 2. The molecule has 3 aliphatic rings. The van der Waals surface area contributed by atoms with E-state index in [1.807, 2.05) is 16.7 Å². The van der Waals surface area contributed by atoms with Crippen LogP contribution in [0, 0.1) is 5.92 Å².